The number of pyridine rings is 1. The van der Waals surface area contributed by atoms with Gasteiger partial charge in [-0.25, -0.2) is 0 Å². The number of hydrogen-bond donors (Lipinski definition) is 2. The molecule has 0 spiro atoms. The zero-order valence-electron chi connectivity index (χ0n) is 12.6. The van der Waals surface area contributed by atoms with Crippen LogP contribution in [0.15, 0.2) is 47.5 Å². The molecule has 0 aliphatic heterocycles. The van der Waals surface area contributed by atoms with Gasteiger partial charge in [0.1, 0.15) is 6.54 Å². The number of aromatic amines is 1. The van der Waals surface area contributed by atoms with Gasteiger partial charge in [0.2, 0.25) is 11.5 Å². The topological polar surface area (TPSA) is 89.0 Å². The molecule has 3 aromatic rings. The number of hydrogen-bond acceptors (Lipinski definition) is 4. The van der Waals surface area contributed by atoms with E-state index in [1.54, 1.807) is 37.7 Å². The molecule has 23 heavy (non-hydrogen) atoms. The van der Waals surface area contributed by atoms with Crippen LogP contribution in [0.3, 0.4) is 0 Å². The molecule has 118 valence electrons. The minimum Gasteiger partial charge on any atom is -0.380 e. The van der Waals surface area contributed by atoms with E-state index in [0.29, 0.717) is 17.8 Å². The van der Waals surface area contributed by atoms with Gasteiger partial charge in [-0.15, -0.1) is 0 Å². The van der Waals surface area contributed by atoms with E-state index >= 15 is 0 Å². The van der Waals surface area contributed by atoms with E-state index in [2.05, 4.69) is 15.4 Å². The molecule has 0 bridgehead atoms. The molecule has 0 fully saturated rings. The number of nitrogens with zero attached hydrogens (tertiary/aromatic N) is 2. The third kappa shape index (κ3) is 3.46. The van der Waals surface area contributed by atoms with Crippen molar-refractivity contribution < 1.29 is 9.53 Å². The fourth-order valence-electron chi connectivity index (χ4n) is 2.43. The van der Waals surface area contributed by atoms with Crippen molar-refractivity contribution in [2.75, 3.05) is 12.4 Å². The molecule has 2 aromatic heterocycles. The Morgan fingerprint density at radius 3 is 3.00 bits per heavy atom. The van der Waals surface area contributed by atoms with E-state index in [9.17, 15) is 9.59 Å². The molecule has 2 N–H and O–H groups in total. The molecule has 0 unspecified atom stereocenters. The lowest BCUT2D eigenvalue weighted by atomic mass is 10.1. The van der Waals surface area contributed by atoms with Gasteiger partial charge >= 0.3 is 0 Å². The molecule has 7 heteroatoms. The average molecular weight is 312 g/mol. The molecule has 7 nitrogen and oxygen atoms in total. The number of rotatable bonds is 5. The predicted octanol–water partition coefficient (Wildman–Crippen LogP) is 1.51. The summed E-state index contributed by atoms with van der Waals surface area (Å²) in [4.78, 5) is 26.5. The van der Waals surface area contributed by atoms with Gasteiger partial charge in [-0.3, -0.25) is 14.3 Å². The maximum absolute atomic E-state index is 12.0. The first-order chi connectivity index (χ1) is 11.2. The molecule has 0 radical (unpaired) electrons. The van der Waals surface area contributed by atoms with Crippen LogP contribution >= 0.6 is 0 Å². The maximum Gasteiger partial charge on any atom is 0.248 e. The van der Waals surface area contributed by atoms with Crippen LogP contribution in [0.5, 0.6) is 0 Å². The molecule has 2 heterocycles. The highest BCUT2D eigenvalue weighted by Gasteiger charge is 2.07. The van der Waals surface area contributed by atoms with Crippen LogP contribution < -0.4 is 10.9 Å². The summed E-state index contributed by atoms with van der Waals surface area (Å²) in [6, 6.07) is 8.65. The second-order valence-electron chi connectivity index (χ2n) is 5.10. The molecule has 0 aliphatic rings. The number of nitrogens with one attached hydrogen (secondary N) is 2. The first-order valence-corrected chi connectivity index (χ1v) is 7.08. The standard InChI is InChI=1S/C16H16N4O3/c1-23-10-11-7-15(21)19-14-8-12(3-4-13(11)14)18-16(22)9-20-6-2-5-17-20/h2-8H,9-10H2,1H3,(H,18,22)(H,19,21). The molecule has 3 rings (SSSR count). The molecule has 0 saturated carbocycles. The number of ether oxygens (including phenoxy) is 1. The zero-order valence-corrected chi connectivity index (χ0v) is 12.6. The average Bonchev–Trinajstić information content (AvgIpc) is 2.99. The predicted molar refractivity (Wildman–Crippen MR) is 86.1 cm³/mol. The van der Waals surface area contributed by atoms with Crippen LogP contribution in [-0.4, -0.2) is 27.8 Å². The Morgan fingerprint density at radius 2 is 2.26 bits per heavy atom. The summed E-state index contributed by atoms with van der Waals surface area (Å²) in [5.41, 5.74) is 1.87. The van der Waals surface area contributed by atoms with Crippen molar-refractivity contribution >= 4 is 22.5 Å². The minimum absolute atomic E-state index is 0.130. The monoisotopic (exact) mass is 312 g/mol. The Hall–Kier alpha value is -2.93. The summed E-state index contributed by atoms with van der Waals surface area (Å²) in [6.07, 6.45) is 3.33. The molecular formula is C16H16N4O3. The van der Waals surface area contributed by atoms with Gasteiger partial charge in [0.25, 0.3) is 0 Å². The second kappa shape index (κ2) is 6.45. The lowest BCUT2D eigenvalue weighted by Gasteiger charge is -2.09. The number of aromatic nitrogens is 3. The fourth-order valence-corrected chi connectivity index (χ4v) is 2.43. The maximum atomic E-state index is 12.0. The molecule has 1 aromatic carbocycles. The number of H-pyrrole nitrogens is 1. The first kappa shape index (κ1) is 15.0. The quantitative estimate of drug-likeness (QED) is 0.747. The van der Waals surface area contributed by atoms with Crippen LogP contribution in [-0.2, 0) is 22.7 Å². The van der Waals surface area contributed by atoms with Crippen molar-refractivity contribution in [3.05, 3.63) is 58.6 Å². The Kier molecular flexibility index (Phi) is 4.20. The van der Waals surface area contributed by atoms with E-state index in [0.717, 1.165) is 10.9 Å². The summed E-state index contributed by atoms with van der Waals surface area (Å²) >= 11 is 0. The highest BCUT2D eigenvalue weighted by Crippen LogP contribution is 2.20. The highest BCUT2D eigenvalue weighted by atomic mass is 16.5. The Bertz CT molecular complexity index is 884. The van der Waals surface area contributed by atoms with Crippen molar-refractivity contribution in [3.63, 3.8) is 0 Å². The number of fused-ring (bicyclic) bond motifs is 1. The first-order valence-electron chi connectivity index (χ1n) is 7.08. The number of anilines is 1. The van der Waals surface area contributed by atoms with Crippen LogP contribution in [0.4, 0.5) is 5.69 Å². The Labute approximate surface area is 131 Å². The lowest BCUT2D eigenvalue weighted by Crippen LogP contribution is -2.19. The summed E-state index contributed by atoms with van der Waals surface area (Å²) < 4.78 is 6.65. The molecule has 0 aliphatic carbocycles. The minimum atomic E-state index is -0.204. The van der Waals surface area contributed by atoms with Crippen LogP contribution in [0.25, 0.3) is 10.9 Å². The van der Waals surface area contributed by atoms with Gasteiger partial charge in [-0.1, -0.05) is 6.07 Å². The van der Waals surface area contributed by atoms with E-state index in [1.165, 1.54) is 10.7 Å². The van der Waals surface area contributed by atoms with Crippen molar-refractivity contribution in [1.29, 1.82) is 0 Å². The molecule has 1 amide bonds. The van der Waals surface area contributed by atoms with Gasteiger partial charge in [-0.2, -0.15) is 5.10 Å². The second-order valence-corrected chi connectivity index (χ2v) is 5.10. The number of carbonyl (C=O) groups is 1. The van der Waals surface area contributed by atoms with Crippen molar-refractivity contribution in [2.24, 2.45) is 0 Å². The molecule has 0 atom stereocenters. The summed E-state index contributed by atoms with van der Waals surface area (Å²) in [5.74, 6) is -0.191. The van der Waals surface area contributed by atoms with Gasteiger partial charge in [-0.05, 0) is 23.8 Å². The smallest absolute Gasteiger partial charge is 0.248 e. The van der Waals surface area contributed by atoms with E-state index < -0.39 is 0 Å². The van der Waals surface area contributed by atoms with Crippen LogP contribution in [0, 0.1) is 0 Å². The number of carbonyl (C=O) groups excluding carboxylic acids is 1. The largest absolute Gasteiger partial charge is 0.380 e. The lowest BCUT2D eigenvalue weighted by molar-refractivity contribution is -0.116. The number of benzene rings is 1. The summed E-state index contributed by atoms with van der Waals surface area (Å²) in [5, 5.41) is 7.66. The number of methoxy groups -OCH3 is 1. The highest BCUT2D eigenvalue weighted by molar-refractivity contribution is 5.93. The van der Waals surface area contributed by atoms with Crippen LogP contribution in [0.2, 0.25) is 0 Å². The third-order valence-electron chi connectivity index (χ3n) is 3.38. The van der Waals surface area contributed by atoms with Gasteiger partial charge < -0.3 is 15.0 Å². The van der Waals surface area contributed by atoms with Gasteiger partial charge in [0, 0.05) is 36.6 Å². The third-order valence-corrected chi connectivity index (χ3v) is 3.38. The molecule has 0 saturated heterocycles. The van der Waals surface area contributed by atoms with E-state index in [1.807, 2.05) is 6.07 Å². The Morgan fingerprint density at radius 1 is 1.39 bits per heavy atom. The normalized spacial score (nSPS) is 10.8. The SMILES string of the molecule is COCc1cc(=O)[nH]c2cc(NC(=O)Cn3cccn3)ccc12. The van der Waals surface area contributed by atoms with Crippen molar-refractivity contribution in [1.82, 2.24) is 14.8 Å². The van der Waals surface area contributed by atoms with Crippen LogP contribution in [0.1, 0.15) is 5.56 Å². The zero-order chi connectivity index (χ0) is 16.2. The number of amides is 1. The van der Waals surface area contributed by atoms with E-state index in [-0.39, 0.29) is 18.0 Å². The van der Waals surface area contributed by atoms with Gasteiger partial charge in [0.05, 0.1) is 12.1 Å². The Balaban J connectivity index is 1.85. The van der Waals surface area contributed by atoms with Crippen molar-refractivity contribution in [3.8, 4) is 0 Å². The van der Waals surface area contributed by atoms with Gasteiger partial charge in [0.15, 0.2) is 0 Å². The fraction of sp³-hybridized carbons (Fsp3) is 0.188. The van der Waals surface area contributed by atoms with Crippen molar-refractivity contribution in [2.45, 2.75) is 13.2 Å². The summed E-state index contributed by atoms with van der Waals surface area (Å²) in [7, 11) is 1.58. The molecular weight excluding hydrogens is 296 g/mol. The summed E-state index contributed by atoms with van der Waals surface area (Å²) in [6.45, 7) is 0.483. The van der Waals surface area contributed by atoms with E-state index in [4.69, 9.17) is 4.74 Å².